The summed E-state index contributed by atoms with van der Waals surface area (Å²) in [6.07, 6.45) is 2.03. The Morgan fingerprint density at radius 1 is 0.560 bits per heavy atom. The Kier molecular flexibility index (Phi) is 4.15. The van der Waals surface area contributed by atoms with Gasteiger partial charge < -0.3 is 5.32 Å². The lowest BCUT2D eigenvalue weighted by molar-refractivity contribution is 1.13. The van der Waals surface area contributed by atoms with Crippen molar-refractivity contribution in [3.63, 3.8) is 0 Å². The van der Waals surface area contributed by atoms with Crippen molar-refractivity contribution in [1.29, 1.82) is 0 Å². The summed E-state index contributed by atoms with van der Waals surface area (Å²) >= 11 is 0. The minimum absolute atomic E-state index is 1.01. The lowest BCUT2D eigenvalue weighted by atomic mass is 9.99. The fourth-order valence-electron chi connectivity index (χ4n) is 3.64. The third-order valence-corrected chi connectivity index (χ3v) is 5.04. The molecule has 1 N–H and O–H groups in total. The zero-order valence-electron chi connectivity index (χ0n) is 14.8. The van der Waals surface area contributed by atoms with Crippen molar-refractivity contribution in [2.24, 2.45) is 0 Å². The highest BCUT2D eigenvalue weighted by molar-refractivity contribution is 6.02. The molecule has 1 nitrogen and oxygen atoms in total. The first-order valence-electron chi connectivity index (χ1n) is 9.10. The van der Waals surface area contributed by atoms with Gasteiger partial charge in [0.2, 0.25) is 0 Å². The minimum atomic E-state index is 1.01. The molecule has 0 radical (unpaired) electrons. The van der Waals surface area contributed by atoms with Gasteiger partial charge in [-0.15, -0.1) is 0 Å². The molecule has 0 spiro atoms. The van der Waals surface area contributed by atoms with Gasteiger partial charge in [-0.25, -0.2) is 0 Å². The molecule has 0 heterocycles. The van der Waals surface area contributed by atoms with E-state index in [1.807, 2.05) is 0 Å². The molecule has 0 aliphatic carbocycles. The summed E-state index contributed by atoms with van der Waals surface area (Å²) in [6.45, 7) is 4.44. The number of nitrogens with one attached hydrogen (secondary N) is 1. The first kappa shape index (κ1) is 15.7. The third kappa shape index (κ3) is 2.76. The van der Waals surface area contributed by atoms with Gasteiger partial charge in [0.15, 0.2) is 0 Å². The minimum Gasteiger partial charge on any atom is -0.354 e. The Morgan fingerprint density at radius 3 is 1.44 bits per heavy atom. The first-order chi connectivity index (χ1) is 12.3. The topological polar surface area (TPSA) is 12.0 Å². The number of rotatable bonds is 4. The average molecular weight is 325 g/mol. The van der Waals surface area contributed by atoms with Crippen LogP contribution in [0.3, 0.4) is 0 Å². The summed E-state index contributed by atoms with van der Waals surface area (Å²) in [5.74, 6) is 0. The van der Waals surface area contributed by atoms with Crippen molar-refractivity contribution in [2.75, 3.05) is 5.32 Å². The van der Waals surface area contributed by atoms with Crippen LogP contribution in [0.5, 0.6) is 0 Å². The lowest BCUT2D eigenvalue weighted by Crippen LogP contribution is -2.00. The summed E-state index contributed by atoms with van der Waals surface area (Å²) in [6, 6.07) is 26.2. The van der Waals surface area contributed by atoms with Gasteiger partial charge in [0, 0.05) is 22.1 Å². The van der Waals surface area contributed by atoms with Gasteiger partial charge >= 0.3 is 0 Å². The first-order valence-corrected chi connectivity index (χ1v) is 9.10. The monoisotopic (exact) mass is 325 g/mol. The highest BCUT2D eigenvalue weighted by Gasteiger charge is 2.11. The molecule has 0 amide bonds. The fourth-order valence-corrected chi connectivity index (χ4v) is 3.64. The van der Waals surface area contributed by atoms with E-state index in [1.165, 1.54) is 44.0 Å². The van der Waals surface area contributed by atoms with Crippen molar-refractivity contribution in [2.45, 2.75) is 26.7 Å². The summed E-state index contributed by atoms with van der Waals surface area (Å²) in [5, 5.41) is 8.96. The van der Waals surface area contributed by atoms with Crippen LogP contribution in [0.4, 0.5) is 11.4 Å². The fraction of sp³-hybridized carbons (Fsp3) is 0.167. The van der Waals surface area contributed by atoms with E-state index in [9.17, 15) is 0 Å². The Balaban J connectivity index is 1.97. The second-order valence-electron chi connectivity index (χ2n) is 6.47. The van der Waals surface area contributed by atoms with Crippen LogP contribution < -0.4 is 5.32 Å². The van der Waals surface area contributed by atoms with E-state index in [0.29, 0.717) is 0 Å². The molecular formula is C24H23N. The van der Waals surface area contributed by atoms with Crippen LogP contribution in [0, 0.1) is 0 Å². The molecular weight excluding hydrogens is 302 g/mol. The highest BCUT2D eigenvalue weighted by atomic mass is 14.9. The zero-order valence-corrected chi connectivity index (χ0v) is 14.8. The lowest BCUT2D eigenvalue weighted by Gasteiger charge is -2.19. The molecule has 1 heteroatoms. The number of fused-ring (bicyclic) bond motifs is 2. The van der Waals surface area contributed by atoms with Crippen LogP contribution in [0.2, 0.25) is 0 Å². The van der Waals surface area contributed by atoms with E-state index in [0.717, 1.165) is 12.8 Å². The SMILES string of the molecule is CCc1ccc2ccccc2c1Nc1c(CC)ccc2ccccc12. The molecule has 0 saturated carbocycles. The number of aryl methyl sites for hydroxylation is 2. The second kappa shape index (κ2) is 6.60. The standard InChI is InChI=1S/C24H23N/c1-3-17-13-15-19-9-5-7-11-21(19)23(17)25-24-18(4-2)14-16-20-10-6-8-12-22(20)24/h5-16,25H,3-4H2,1-2H3. The number of hydrogen-bond acceptors (Lipinski definition) is 1. The molecule has 0 unspecified atom stereocenters. The molecule has 4 aromatic rings. The van der Waals surface area contributed by atoms with Crippen LogP contribution in [-0.2, 0) is 12.8 Å². The smallest absolute Gasteiger partial charge is 0.0496 e. The zero-order chi connectivity index (χ0) is 17.2. The summed E-state index contributed by atoms with van der Waals surface area (Å²) in [4.78, 5) is 0. The molecule has 0 fully saturated rings. The maximum absolute atomic E-state index is 3.83. The van der Waals surface area contributed by atoms with Gasteiger partial charge in [0.1, 0.15) is 0 Å². The second-order valence-corrected chi connectivity index (χ2v) is 6.47. The summed E-state index contributed by atoms with van der Waals surface area (Å²) in [7, 11) is 0. The van der Waals surface area contributed by atoms with Crippen LogP contribution in [-0.4, -0.2) is 0 Å². The molecule has 0 aliphatic heterocycles. The molecule has 0 aliphatic rings. The van der Waals surface area contributed by atoms with E-state index in [-0.39, 0.29) is 0 Å². The van der Waals surface area contributed by atoms with Crippen molar-refractivity contribution < 1.29 is 0 Å². The molecule has 4 aromatic carbocycles. The number of anilines is 2. The third-order valence-electron chi connectivity index (χ3n) is 5.04. The Hall–Kier alpha value is -2.80. The molecule has 124 valence electrons. The Labute approximate surface area is 149 Å². The van der Waals surface area contributed by atoms with Gasteiger partial charge in [-0.05, 0) is 34.7 Å². The van der Waals surface area contributed by atoms with E-state index in [2.05, 4.69) is 92.0 Å². The van der Waals surface area contributed by atoms with Crippen LogP contribution in [0.1, 0.15) is 25.0 Å². The number of benzene rings is 4. The number of hydrogen-bond donors (Lipinski definition) is 1. The van der Waals surface area contributed by atoms with Crippen molar-refractivity contribution in [3.8, 4) is 0 Å². The van der Waals surface area contributed by atoms with Gasteiger partial charge in [0.25, 0.3) is 0 Å². The molecule has 0 aromatic heterocycles. The molecule has 25 heavy (non-hydrogen) atoms. The molecule has 4 rings (SSSR count). The normalized spacial score (nSPS) is 11.1. The predicted octanol–water partition coefficient (Wildman–Crippen LogP) is 6.86. The molecule has 0 saturated heterocycles. The van der Waals surface area contributed by atoms with Gasteiger partial charge in [-0.1, -0.05) is 86.6 Å². The van der Waals surface area contributed by atoms with E-state index < -0.39 is 0 Å². The van der Waals surface area contributed by atoms with Crippen LogP contribution in [0.25, 0.3) is 21.5 Å². The Morgan fingerprint density at radius 2 is 1.00 bits per heavy atom. The van der Waals surface area contributed by atoms with Crippen LogP contribution >= 0.6 is 0 Å². The van der Waals surface area contributed by atoms with E-state index >= 15 is 0 Å². The summed E-state index contributed by atoms with van der Waals surface area (Å²) < 4.78 is 0. The van der Waals surface area contributed by atoms with Crippen molar-refractivity contribution >= 4 is 32.9 Å². The highest BCUT2D eigenvalue weighted by Crippen LogP contribution is 2.35. The average Bonchev–Trinajstić information content (AvgIpc) is 2.68. The molecule has 0 atom stereocenters. The van der Waals surface area contributed by atoms with Gasteiger partial charge in [0.05, 0.1) is 0 Å². The maximum Gasteiger partial charge on any atom is 0.0496 e. The van der Waals surface area contributed by atoms with E-state index in [4.69, 9.17) is 0 Å². The maximum atomic E-state index is 3.83. The van der Waals surface area contributed by atoms with E-state index in [1.54, 1.807) is 0 Å². The summed E-state index contributed by atoms with van der Waals surface area (Å²) in [5.41, 5.74) is 5.20. The van der Waals surface area contributed by atoms with Gasteiger partial charge in [-0.3, -0.25) is 0 Å². The largest absolute Gasteiger partial charge is 0.354 e. The Bertz CT molecular complexity index is 961. The van der Waals surface area contributed by atoms with Crippen molar-refractivity contribution in [1.82, 2.24) is 0 Å². The van der Waals surface area contributed by atoms with Crippen LogP contribution in [0.15, 0.2) is 72.8 Å². The van der Waals surface area contributed by atoms with Crippen molar-refractivity contribution in [3.05, 3.63) is 83.9 Å². The molecule has 0 bridgehead atoms. The predicted molar refractivity (Wildman–Crippen MR) is 110 cm³/mol. The van der Waals surface area contributed by atoms with Gasteiger partial charge in [-0.2, -0.15) is 0 Å². The quantitative estimate of drug-likeness (QED) is 0.432.